The largest absolute Gasteiger partial charge is 0.376 e. The van der Waals surface area contributed by atoms with Crippen LogP contribution in [0.4, 0.5) is 0 Å². The number of rotatable bonds is 6. The van der Waals surface area contributed by atoms with Crippen LogP contribution in [0.1, 0.15) is 19.8 Å². The molecule has 2 atom stereocenters. The highest BCUT2D eigenvalue weighted by Crippen LogP contribution is 2.17. The van der Waals surface area contributed by atoms with Gasteiger partial charge in [-0.05, 0) is 26.3 Å². The Balaban J connectivity index is 2.47. The first kappa shape index (κ1) is 13.4. The highest BCUT2D eigenvalue weighted by Gasteiger charge is 2.31. The molecule has 5 nitrogen and oxygen atoms in total. The van der Waals surface area contributed by atoms with Crippen molar-refractivity contribution >= 4 is 5.91 Å². The Bertz CT molecular complexity index is 223. The number of likely N-dealkylation sites (N-methyl/N-ethyl adjacent to an activating group) is 1. The van der Waals surface area contributed by atoms with Crippen molar-refractivity contribution in [2.45, 2.75) is 31.9 Å². The van der Waals surface area contributed by atoms with E-state index in [-0.39, 0.29) is 18.1 Å². The maximum absolute atomic E-state index is 11.6. The molecule has 0 aliphatic carbocycles. The van der Waals surface area contributed by atoms with E-state index in [0.29, 0.717) is 13.2 Å². The van der Waals surface area contributed by atoms with E-state index in [9.17, 15) is 4.79 Å². The normalized spacial score (nSPS) is 23.3. The number of hydrogen-bond donors (Lipinski definition) is 2. The number of nitrogens with two attached hydrogens (primary N) is 1. The van der Waals surface area contributed by atoms with Gasteiger partial charge in [0.25, 0.3) is 0 Å². The van der Waals surface area contributed by atoms with Crippen LogP contribution in [0.3, 0.4) is 0 Å². The molecule has 1 aliphatic rings. The summed E-state index contributed by atoms with van der Waals surface area (Å²) in [6, 6.07) is -0.000457. The third kappa shape index (κ3) is 3.43. The topological polar surface area (TPSA) is 67.6 Å². The van der Waals surface area contributed by atoms with Crippen LogP contribution in [0.2, 0.25) is 0 Å². The smallest absolute Gasteiger partial charge is 0.237 e. The first-order valence-corrected chi connectivity index (χ1v) is 6.00. The van der Waals surface area contributed by atoms with Crippen molar-refractivity contribution in [2.75, 3.05) is 33.3 Å². The molecule has 0 aromatic heterocycles. The van der Waals surface area contributed by atoms with E-state index in [1.54, 1.807) is 7.05 Å². The molecular weight excluding hydrogens is 206 g/mol. The minimum Gasteiger partial charge on any atom is -0.376 e. The molecule has 5 heteroatoms. The fourth-order valence-corrected chi connectivity index (χ4v) is 2.20. The zero-order valence-corrected chi connectivity index (χ0v) is 10.2. The van der Waals surface area contributed by atoms with E-state index in [2.05, 4.69) is 10.2 Å². The van der Waals surface area contributed by atoms with Crippen molar-refractivity contribution in [3.63, 3.8) is 0 Å². The summed E-state index contributed by atoms with van der Waals surface area (Å²) in [5.41, 5.74) is 5.64. The molecule has 16 heavy (non-hydrogen) atoms. The second-order valence-electron chi connectivity index (χ2n) is 4.08. The number of likely N-dealkylation sites (tertiary alicyclic amines) is 1. The lowest BCUT2D eigenvalue weighted by Gasteiger charge is -2.27. The Kier molecular flexibility index (Phi) is 5.73. The van der Waals surface area contributed by atoms with Crippen LogP contribution in [-0.2, 0) is 9.53 Å². The lowest BCUT2D eigenvalue weighted by Crippen LogP contribution is -2.46. The Morgan fingerprint density at radius 2 is 2.44 bits per heavy atom. The monoisotopic (exact) mass is 229 g/mol. The van der Waals surface area contributed by atoms with Gasteiger partial charge >= 0.3 is 0 Å². The molecule has 1 fully saturated rings. The van der Waals surface area contributed by atoms with Gasteiger partial charge in [-0.25, -0.2) is 0 Å². The molecule has 1 rings (SSSR count). The van der Waals surface area contributed by atoms with Crippen LogP contribution in [0.15, 0.2) is 0 Å². The fraction of sp³-hybridized carbons (Fsp3) is 0.909. The van der Waals surface area contributed by atoms with Crippen LogP contribution in [0, 0.1) is 0 Å². The second-order valence-corrected chi connectivity index (χ2v) is 4.08. The van der Waals surface area contributed by atoms with Gasteiger partial charge in [0.05, 0.1) is 12.1 Å². The van der Waals surface area contributed by atoms with Gasteiger partial charge in [0.1, 0.15) is 0 Å². The van der Waals surface area contributed by atoms with Gasteiger partial charge in [-0.15, -0.1) is 0 Å². The van der Waals surface area contributed by atoms with E-state index < -0.39 is 0 Å². The molecule has 1 heterocycles. The highest BCUT2D eigenvalue weighted by molar-refractivity contribution is 5.81. The maximum Gasteiger partial charge on any atom is 0.237 e. The van der Waals surface area contributed by atoms with Crippen molar-refractivity contribution < 1.29 is 9.53 Å². The summed E-state index contributed by atoms with van der Waals surface area (Å²) in [7, 11) is 1.68. The fourth-order valence-electron chi connectivity index (χ4n) is 2.20. The van der Waals surface area contributed by atoms with E-state index in [1.807, 2.05) is 6.92 Å². The van der Waals surface area contributed by atoms with Crippen molar-refractivity contribution in [1.82, 2.24) is 10.2 Å². The highest BCUT2D eigenvalue weighted by atomic mass is 16.5. The molecule has 2 unspecified atom stereocenters. The summed E-state index contributed by atoms with van der Waals surface area (Å²) in [6.45, 7) is 4.85. The summed E-state index contributed by atoms with van der Waals surface area (Å²) >= 11 is 0. The number of hydrogen-bond acceptors (Lipinski definition) is 4. The van der Waals surface area contributed by atoms with Gasteiger partial charge in [0.15, 0.2) is 0 Å². The predicted molar refractivity (Wildman–Crippen MR) is 63.1 cm³/mol. The number of carbonyl (C=O) groups excluding carboxylic acids is 1. The Hall–Kier alpha value is -0.650. The van der Waals surface area contributed by atoms with E-state index >= 15 is 0 Å². The third-order valence-electron chi connectivity index (χ3n) is 3.02. The summed E-state index contributed by atoms with van der Waals surface area (Å²) in [5.74, 6) is 0.102. The summed E-state index contributed by atoms with van der Waals surface area (Å²) < 4.78 is 5.52. The predicted octanol–water partition coefficient (Wildman–Crippen LogP) is -0.439. The van der Waals surface area contributed by atoms with E-state index in [0.717, 1.165) is 25.9 Å². The van der Waals surface area contributed by atoms with Gasteiger partial charge in [-0.3, -0.25) is 9.69 Å². The summed E-state index contributed by atoms with van der Waals surface area (Å²) in [5, 5.41) is 2.71. The number of amides is 1. The minimum absolute atomic E-state index is 0.000457. The number of ether oxygens (including phenoxy) is 1. The van der Waals surface area contributed by atoms with E-state index in [4.69, 9.17) is 10.5 Å². The molecule has 0 aromatic rings. The van der Waals surface area contributed by atoms with Gasteiger partial charge < -0.3 is 15.8 Å². The molecule has 94 valence electrons. The molecule has 1 saturated heterocycles. The van der Waals surface area contributed by atoms with Crippen molar-refractivity contribution in [3.8, 4) is 0 Å². The SMILES string of the molecule is CCOC(CN)CN1CCCC1C(=O)NC. The van der Waals surface area contributed by atoms with Crippen LogP contribution >= 0.6 is 0 Å². The third-order valence-corrected chi connectivity index (χ3v) is 3.02. The van der Waals surface area contributed by atoms with Gasteiger partial charge in [-0.2, -0.15) is 0 Å². The number of nitrogens with one attached hydrogen (secondary N) is 1. The average Bonchev–Trinajstić information content (AvgIpc) is 2.75. The van der Waals surface area contributed by atoms with Crippen molar-refractivity contribution in [2.24, 2.45) is 5.73 Å². The molecule has 1 aliphatic heterocycles. The van der Waals surface area contributed by atoms with E-state index in [1.165, 1.54) is 0 Å². The Morgan fingerprint density at radius 3 is 3.00 bits per heavy atom. The first-order chi connectivity index (χ1) is 7.72. The van der Waals surface area contributed by atoms with Crippen LogP contribution in [-0.4, -0.2) is 56.2 Å². The standard InChI is InChI=1S/C11H23N3O2/c1-3-16-9(7-12)8-14-6-4-5-10(14)11(15)13-2/h9-10H,3-8,12H2,1-2H3,(H,13,15). The quantitative estimate of drug-likeness (QED) is 0.648. The minimum atomic E-state index is -0.000457. The average molecular weight is 229 g/mol. The Morgan fingerprint density at radius 1 is 1.69 bits per heavy atom. The van der Waals surface area contributed by atoms with Crippen LogP contribution in [0.5, 0.6) is 0 Å². The summed E-state index contributed by atoms with van der Waals surface area (Å²) in [4.78, 5) is 13.8. The molecule has 0 aromatic carbocycles. The molecule has 0 radical (unpaired) electrons. The molecule has 1 amide bonds. The zero-order chi connectivity index (χ0) is 12.0. The van der Waals surface area contributed by atoms with Gasteiger partial charge in [-0.1, -0.05) is 0 Å². The molecule has 0 bridgehead atoms. The van der Waals surface area contributed by atoms with Crippen LogP contribution in [0.25, 0.3) is 0 Å². The first-order valence-electron chi connectivity index (χ1n) is 6.00. The molecule has 0 saturated carbocycles. The molecule has 3 N–H and O–H groups in total. The second kappa shape index (κ2) is 6.83. The lowest BCUT2D eigenvalue weighted by atomic mass is 10.2. The zero-order valence-electron chi connectivity index (χ0n) is 10.2. The Labute approximate surface area is 97.3 Å². The molecule has 0 spiro atoms. The van der Waals surface area contributed by atoms with Crippen molar-refractivity contribution in [3.05, 3.63) is 0 Å². The number of nitrogens with zero attached hydrogens (tertiary/aromatic N) is 1. The lowest BCUT2D eigenvalue weighted by molar-refractivity contribution is -0.125. The van der Waals surface area contributed by atoms with Gasteiger partial charge in [0.2, 0.25) is 5.91 Å². The summed E-state index contributed by atoms with van der Waals surface area (Å²) in [6.07, 6.45) is 2.04. The number of carbonyl (C=O) groups is 1. The maximum atomic E-state index is 11.6. The van der Waals surface area contributed by atoms with Gasteiger partial charge in [0, 0.05) is 26.7 Å². The van der Waals surface area contributed by atoms with Crippen LogP contribution < -0.4 is 11.1 Å². The van der Waals surface area contributed by atoms with Crippen molar-refractivity contribution in [1.29, 1.82) is 0 Å². The molecular formula is C11H23N3O2.